The number of carboxylic acids is 1. The van der Waals surface area contributed by atoms with Gasteiger partial charge >= 0.3 is 5.97 Å². The van der Waals surface area contributed by atoms with Crippen molar-refractivity contribution in [2.45, 2.75) is 0 Å². The van der Waals surface area contributed by atoms with Crippen LogP contribution in [-0.4, -0.2) is 32.1 Å². The lowest BCUT2D eigenvalue weighted by Crippen LogP contribution is -2.08. The standard InChI is InChI=1S/C23H15NO5/c25-17-10-5-9-15(19(17)23(28)29)21-16(22(27)13-6-2-1-3-7-13)12-14-8-4-11-18(26)20(14)24-21/h1-12,25-26H,(H,28,29). The summed E-state index contributed by atoms with van der Waals surface area (Å²) >= 11 is 0. The van der Waals surface area contributed by atoms with Crippen molar-refractivity contribution < 1.29 is 24.9 Å². The Morgan fingerprint density at radius 1 is 0.793 bits per heavy atom. The number of carbonyl (C=O) groups is 2. The topological polar surface area (TPSA) is 108 Å². The zero-order chi connectivity index (χ0) is 20.5. The lowest BCUT2D eigenvalue weighted by molar-refractivity contribution is 0.0694. The number of para-hydroxylation sites is 1. The van der Waals surface area contributed by atoms with Gasteiger partial charge in [0.15, 0.2) is 5.78 Å². The van der Waals surface area contributed by atoms with Crippen LogP contribution < -0.4 is 0 Å². The van der Waals surface area contributed by atoms with Crippen molar-refractivity contribution in [1.29, 1.82) is 0 Å². The van der Waals surface area contributed by atoms with Gasteiger partial charge in [-0.15, -0.1) is 0 Å². The van der Waals surface area contributed by atoms with Crippen molar-refractivity contribution >= 4 is 22.7 Å². The minimum absolute atomic E-state index is 0.0705. The summed E-state index contributed by atoms with van der Waals surface area (Å²) in [7, 11) is 0. The van der Waals surface area contributed by atoms with Crippen LogP contribution in [0.1, 0.15) is 26.3 Å². The fourth-order valence-corrected chi connectivity index (χ4v) is 3.27. The molecule has 142 valence electrons. The molecule has 29 heavy (non-hydrogen) atoms. The predicted octanol–water partition coefficient (Wildman–Crippen LogP) is 4.24. The molecule has 4 rings (SSSR count). The molecule has 0 saturated carbocycles. The number of pyridine rings is 1. The second kappa shape index (κ2) is 7.09. The number of carbonyl (C=O) groups excluding carboxylic acids is 1. The normalized spacial score (nSPS) is 10.8. The van der Waals surface area contributed by atoms with Crippen LogP contribution in [0, 0.1) is 0 Å². The molecule has 3 aromatic carbocycles. The van der Waals surface area contributed by atoms with E-state index in [1.54, 1.807) is 48.5 Å². The molecule has 0 aliphatic heterocycles. The number of benzene rings is 3. The van der Waals surface area contributed by atoms with Gasteiger partial charge in [-0.25, -0.2) is 9.78 Å². The number of phenols is 2. The Labute approximate surface area is 165 Å². The Balaban J connectivity index is 2.08. The number of aromatic nitrogens is 1. The monoisotopic (exact) mass is 385 g/mol. The summed E-state index contributed by atoms with van der Waals surface area (Å²) in [6, 6.07) is 19.1. The number of aromatic hydroxyl groups is 2. The van der Waals surface area contributed by atoms with E-state index in [-0.39, 0.29) is 39.4 Å². The van der Waals surface area contributed by atoms with Crippen molar-refractivity contribution in [3.05, 3.63) is 89.5 Å². The molecule has 0 fully saturated rings. The average Bonchev–Trinajstić information content (AvgIpc) is 2.73. The van der Waals surface area contributed by atoms with E-state index < -0.39 is 11.7 Å². The van der Waals surface area contributed by atoms with Crippen LogP contribution in [0.3, 0.4) is 0 Å². The van der Waals surface area contributed by atoms with Crippen molar-refractivity contribution in [2.24, 2.45) is 0 Å². The Kier molecular flexibility index (Phi) is 4.44. The van der Waals surface area contributed by atoms with Crippen LogP contribution in [0.5, 0.6) is 11.5 Å². The molecular weight excluding hydrogens is 370 g/mol. The minimum atomic E-state index is -1.35. The van der Waals surface area contributed by atoms with Gasteiger partial charge < -0.3 is 15.3 Å². The molecule has 0 radical (unpaired) electrons. The first-order chi connectivity index (χ1) is 14.0. The van der Waals surface area contributed by atoms with E-state index in [2.05, 4.69) is 4.98 Å². The summed E-state index contributed by atoms with van der Waals surface area (Å²) in [4.78, 5) is 29.4. The van der Waals surface area contributed by atoms with Gasteiger partial charge in [-0.05, 0) is 18.2 Å². The van der Waals surface area contributed by atoms with E-state index in [4.69, 9.17) is 0 Å². The molecule has 4 aromatic rings. The third-order valence-electron chi connectivity index (χ3n) is 4.62. The number of hydrogen-bond donors (Lipinski definition) is 3. The molecule has 1 aromatic heterocycles. The van der Waals surface area contributed by atoms with Crippen molar-refractivity contribution in [1.82, 2.24) is 4.98 Å². The molecule has 0 bridgehead atoms. The minimum Gasteiger partial charge on any atom is -0.507 e. The van der Waals surface area contributed by atoms with Gasteiger partial charge in [-0.2, -0.15) is 0 Å². The number of rotatable bonds is 4. The molecule has 0 aliphatic rings. The third kappa shape index (κ3) is 3.17. The maximum absolute atomic E-state index is 13.2. The van der Waals surface area contributed by atoms with E-state index in [0.29, 0.717) is 10.9 Å². The van der Waals surface area contributed by atoms with E-state index in [0.717, 1.165) is 0 Å². The van der Waals surface area contributed by atoms with Gasteiger partial charge in [0.2, 0.25) is 0 Å². The summed E-state index contributed by atoms with van der Waals surface area (Å²) in [6.07, 6.45) is 0. The second-order valence-electron chi connectivity index (χ2n) is 6.43. The quantitative estimate of drug-likeness (QED) is 0.454. The summed E-state index contributed by atoms with van der Waals surface area (Å²) in [5.41, 5.74) is 0.598. The Bertz CT molecular complexity index is 1270. The Morgan fingerprint density at radius 3 is 2.21 bits per heavy atom. The molecule has 1 heterocycles. The number of carboxylic acid groups (broad SMARTS) is 1. The summed E-state index contributed by atoms with van der Waals surface area (Å²) in [5, 5.41) is 30.4. The molecule has 3 N–H and O–H groups in total. The summed E-state index contributed by atoms with van der Waals surface area (Å²) in [6.45, 7) is 0. The number of hydrogen-bond acceptors (Lipinski definition) is 5. The first-order valence-electron chi connectivity index (χ1n) is 8.75. The molecule has 0 amide bonds. The highest BCUT2D eigenvalue weighted by molar-refractivity contribution is 6.15. The number of phenolic OH excluding ortho intramolecular Hbond substituents is 1. The molecule has 6 nitrogen and oxygen atoms in total. The Morgan fingerprint density at radius 2 is 1.48 bits per heavy atom. The zero-order valence-electron chi connectivity index (χ0n) is 15.0. The van der Waals surface area contributed by atoms with Crippen LogP contribution in [0.2, 0.25) is 0 Å². The highest BCUT2D eigenvalue weighted by Gasteiger charge is 2.24. The van der Waals surface area contributed by atoms with Gasteiger partial charge in [-0.1, -0.05) is 54.6 Å². The van der Waals surface area contributed by atoms with Crippen LogP contribution >= 0.6 is 0 Å². The van der Waals surface area contributed by atoms with Crippen LogP contribution in [-0.2, 0) is 0 Å². The average molecular weight is 385 g/mol. The van der Waals surface area contributed by atoms with Gasteiger partial charge in [0, 0.05) is 22.1 Å². The maximum atomic E-state index is 13.2. The number of ketones is 1. The van der Waals surface area contributed by atoms with E-state index in [1.807, 2.05) is 0 Å². The second-order valence-corrected chi connectivity index (χ2v) is 6.43. The van der Waals surface area contributed by atoms with Gasteiger partial charge in [0.25, 0.3) is 0 Å². The lowest BCUT2D eigenvalue weighted by Gasteiger charge is -2.14. The van der Waals surface area contributed by atoms with Crippen LogP contribution in [0.4, 0.5) is 0 Å². The Hall–Kier alpha value is -4.19. The highest BCUT2D eigenvalue weighted by Crippen LogP contribution is 2.35. The van der Waals surface area contributed by atoms with Crippen molar-refractivity contribution in [2.75, 3.05) is 0 Å². The van der Waals surface area contributed by atoms with E-state index in [9.17, 15) is 24.9 Å². The van der Waals surface area contributed by atoms with Gasteiger partial charge in [-0.3, -0.25) is 4.79 Å². The van der Waals surface area contributed by atoms with Gasteiger partial charge in [0.05, 0.1) is 5.69 Å². The number of aromatic carboxylic acids is 1. The fraction of sp³-hybridized carbons (Fsp3) is 0. The fourth-order valence-electron chi connectivity index (χ4n) is 3.27. The third-order valence-corrected chi connectivity index (χ3v) is 4.62. The van der Waals surface area contributed by atoms with Crippen molar-refractivity contribution in [3.63, 3.8) is 0 Å². The largest absolute Gasteiger partial charge is 0.507 e. The smallest absolute Gasteiger partial charge is 0.340 e. The summed E-state index contributed by atoms with van der Waals surface area (Å²) < 4.78 is 0. The molecule has 0 saturated heterocycles. The molecule has 0 aliphatic carbocycles. The van der Waals surface area contributed by atoms with Crippen molar-refractivity contribution in [3.8, 4) is 22.8 Å². The maximum Gasteiger partial charge on any atom is 0.340 e. The molecule has 6 heteroatoms. The molecule has 0 atom stereocenters. The summed E-state index contributed by atoms with van der Waals surface area (Å²) in [5.74, 6) is -2.24. The van der Waals surface area contributed by atoms with Crippen LogP contribution in [0.25, 0.3) is 22.2 Å². The van der Waals surface area contributed by atoms with E-state index in [1.165, 1.54) is 24.3 Å². The van der Waals surface area contributed by atoms with Crippen LogP contribution in [0.15, 0.2) is 72.8 Å². The SMILES string of the molecule is O=C(c1ccccc1)c1cc2cccc(O)c2nc1-c1cccc(O)c1C(=O)O. The number of nitrogens with zero attached hydrogens (tertiary/aromatic N) is 1. The molecule has 0 unspecified atom stereocenters. The molecular formula is C23H15NO5. The zero-order valence-corrected chi connectivity index (χ0v) is 15.0. The highest BCUT2D eigenvalue weighted by atomic mass is 16.4. The van der Waals surface area contributed by atoms with E-state index >= 15 is 0 Å². The molecule has 0 spiro atoms. The van der Waals surface area contributed by atoms with Gasteiger partial charge in [0.1, 0.15) is 22.6 Å². The lowest BCUT2D eigenvalue weighted by atomic mass is 9.93. The number of fused-ring (bicyclic) bond motifs is 1. The first-order valence-corrected chi connectivity index (χ1v) is 8.75. The first kappa shape index (κ1) is 18.2. The predicted molar refractivity (Wildman–Crippen MR) is 107 cm³/mol.